The number of guanidine groups is 1. The Morgan fingerprint density at radius 1 is 1.37 bits per heavy atom. The van der Waals surface area contributed by atoms with Gasteiger partial charge < -0.3 is 29.6 Å². The summed E-state index contributed by atoms with van der Waals surface area (Å²) < 4.78 is 10.6. The minimum Gasteiger partial charge on any atom is -0.467 e. The zero-order valence-electron chi connectivity index (χ0n) is 16.0. The minimum absolute atomic E-state index is 0.111. The van der Waals surface area contributed by atoms with Gasteiger partial charge >= 0.3 is 6.09 Å². The lowest BCUT2D eigenvalue weighted by Gasteiger charge is -2.39. The maximum absolute atomic E-state index is 12.2. The number of nitrogens with one attached hydrogen (secondary N) is 2. The van der Waals surface area contributed by atoms with Crippen LogP contribution >= 0.6 is 0 Å². The summed E-state index contributed by atoms with van der Waals surface area (Å²) >= 11 is 0. The van der Waals surface area contributed by atoms with Crippen molar-refractivity contribution in [2.24, 2.45) is 4.99 Å². The minimum atomic E-state index is -0.504. The van der Waals surface area contributed by atoms with Gasteiger partial charge in [-0.25, -0.2) is 4.79 Å². The van der Waals surface area contributed by atoms with E-state index in [2.05, 4.69) is 20.5 Å². The lowest BCUT2D eigenvalue weighted by molar-refractivity contribution is -0.120. The number of amides is 2. The van der Waals surface area contributed by atoms with Gasteiger partial charge in [0.15, 0.2) is 5.96 Å². The average molecular weight is 377 g/mol. The first-order valence-corrected chi connectivity index (χ1v) is 9.14. The maximum atomic E-state index is 12.2. The molecular weight excluding hydrogens is 350 g/mol. The Hall–Kier alpha value is -2.71. The fourth-order valence-corrected chi connectivity index (χ4v) is 3.04. The predicted octanol–water partition coefficient (Wildman–Crippen LogP) is 0.776. The Morgan fingerprint density at radius 2 is 2.19 bits per heavy atom. The molecule has 2 N–H and O–H groups in total. The van der Waals surface area contributed by atoms with E-state index in [1.807, 2.05) is 26.8 Å². The van der Waals surface area contributed by atoms with Crippen LogP contribution in [0, 0.1) is 0 Å². The SMILES string of the molecule is CC(C)(C)OC(=O)N1CCN2C(NCC(=O)NCc3ccco3)=NCC2C1. The molecule has 1 unspecified atom stereocenters. The van der Waals surface area contributed by atoms with Gasteiger partial charge in [-0.05, 0) is 32.9 Å². The molecule has 0 radical (unpaired) electrons. The molecule has 0 bridgehead atoms. The Labute approximate surface area is 158 Å². The van der Waals surface area contributed by atoms with Crippen molar-refractivity contribution in [3.05, 3.63) is 24.2 Å². The molecule has 1 aromatic heterocycles. The highest BCUT2D eigenvalue weighted by molar-refractivity contribution is 5.87. The Kier molecular flexibility index (Phi) is 5.57. The summed E-state index contributed by atoms with van der Waals surface area (Å²) in [5, 5.41) is 5.88. The van der Waals surface area contributed by atoms with Crippen LogP contribution < -0.4 is 10.6 Å². The number of carbonyl (C=O) groups is 2. The fraction of sp³-hybridized carbons (Fsp3) is 0.611. The van der Waals surface area contributed by atoms with Gasteiger partial charge in [-0.15, -0.1) is 0 Å². The van der Waals surface area contributed by atoms with Gasteiger partial charge in [0.1, 0.15) is 11.4 Å². The number of fused-ring (bicyclic) bond motifs is 1. The van der Waals surface area contributed by atoms with Crippen molar-refractivity contribution < 1.29 is 18.7 Å². The summed E-state index contributed by atoms with van der Waals surface area (Å²) in [4.78, 5) is 32.5. The monoisotopic (exact) mass is 377 g/mol. The first-order valence-electron chi connectivity index (χ1n) is 9.14. The molecule has 0 aromatic carbocycles. The van der Waals surface area contributed by atoms with Crippen LogP contribution in [0.2, 0.25) is 0 Å². The summed E-state index contributed by atoms with van der Waals surface area (Å²) in [6.07, 6.45) is 1.28. The highest BCUT2D eigenvalue weighted by Gasteiger charge is 2.36. The van der Waals surface area contributed by atoms with Gasteiger partial charge in [-0.2, -0.15) is 0 Å². The van der Waals surface area contributed by atoms with E-state index in [0.29, 0.717) is 44.4 Å². The van der Waals surface area contributed by atoms with Crippen molar-refractivity contribution in [1.29, 1.82) is 0 Å². The van der Waals surface area contributed by atoms with Crippen LogP contribution in [0.25, 0.3) is 0 Å². The quantitative estimate of drug-likeness (QED) is 0.804. The molecule has 1 fully saturated rings. The summed E-state index contributed by atoms with van der Waals surface area (Å²) in [7, 11) is 0. The molecule has 2 aliphatic rings. The summed E-state index contributed by atoms with van der Waals surface area (Å²) in [5.74, 6) is 1.28. The third kappa shape index (κ3) is 5.15. The van der Waals surface area contributed by atoms with E-state index >= 15 is 0 Å². The van der Waals surface area contributed by atoms with Gasteiger partial charge in [0.25, 0.3) is 0 Å². The van der Waals surface area contributed by atoms with Crippen molar-refractivity contribution >= 4 is 18.0 Å². The van der Waals surface area contributed by atoms with E-state index in [9.17, 15) is 9.59 Å². The predicted molar refractivity (Wildman–Crippen MR) is 99.2 cm³/mol. The van der Waals surface area contributed by atoms with Gasteiger partial charge in [0.05, 0.1) is 31.9 Å². The van der Waals surface area contributed by atoms with Gasteiger partial charge in [0.2, 0.25) is 5.91 Å². The summed E-state index contributed by atoms with van der Waals surface area (Å²) in [5.41, 5.74) is -0.504. The maximum Gasteiger partial charge on any atom is 0.410 e. The highest BCUT2D eigenvalue weighted by atomic mass is 16.6. The van der Waals surface area contributed by atoms with E-state index in [1.165, 1.54) is 0 Å². The zero-order chi connectivity index (χ0) is 19.4. The Morgan fingerprint density at radius 3 is 2.89 bits per heavy atom. The number of furan rings is 1. The lowest BCUT2D eigenvalue weighted by Crippen LogP contribution is -2.58. The third-order valence-corrected chi connectivity index (χ3v) is 4.31. The van der Waals surface area contributed by atoms with Crippen LogP contribution in [0.5, 0.6) is 0 Å². The summed E-state index contributed by atoms with van der Waals surface area (Å²) in [6.45, 7) is 8.45. The van der Waals surface area contributed by atoms with Crippen molar-refractivity contribution in [3.8, 4) is 0 Å². The molecule has 3 heterocycles. The first kappa shape index (κ1) is 19.1. The fourth-order valence-electron chi connectivity index (χ4n) is 3.04. The molecule has 1 aromatic rings. The van der Waals surface area contributed by atoms with E-state index in [-0.39, 0.29) is 24.6 Å². The van der Waals surface area contributed by atoms with Crippen LogP contribution in [0.4, 0.5) is 4.79 Å². The molecule has 1 saturated heterocycles. The second kappa shape index (κ2) is 7.89. The largest absolute Gasteiger partial charge is 0.467 e. The topological polar surface area (TPSA) is 99.4 Å². The van der Waals surface area contributed by atoms with Crippen LogP contribution in [0.15, 0.2) is 27.8 Å². The van der Waals surface area contributed by atoms with Crippen LogP contribution in [0.1, 0.15) is 26.5 Å². The van der Waals surface area contributed by atoms with E-state index in [1.54, 1.807) is 17.2 Å². The van der Waals surface area contributed by atoms with E-state index < -0.39 is 5.60 Å². The van der Waals surface area contributed by atoms with Crippen molar-refractivity contribution in [2.45, 2.75) is 39.0 Å². The number of carbonyl (C=O) groups excluding carboxylic acids is 2. The normalized spacial score (nSPS) is 19.4. The molecule has 0 saturated carbocycles. The second-order valence-electron chi connectivity index (χ2n) is 7.65. The number of aliphatic imine (C=N–C) groups is 1. The Bertz CT molecular complexity index is 695. The number of hydrogen-bond acceptors (Lipinski definition) is 7. The standard InChI is InChI=1S/C18H27N5O4/c1-18(2,3)27-17(25)22-6-7-23-13(12-22)9-20-16(23)21-11-15(24)19-10-14-5-4-8-26-14/h4-5,8,13H,6-7,9-12H2,1-3H3,(H,19,24)(H,20,21). The molecule has 0 spiro atoms. The van der Waals surface area contributed by atoms with Crippen molar-refractivity contribution in [1.82, 2.24) is 20.4 Å². The zero-order valence-corrected chi connectivity index (χ0v) is 16.0. The molecule has 9 nitrogen and oxygen atoms in total. The molecule has 1 atom stereocenters. The average Bonchev–Trinajstić information content (AvgIpc) is 3.25. The highest BCUT2D eigenvalue weighted by Crippen LogP contribution is 2.18. The number of rotatable bonds is 4. The molecule has 148 valence electrons. The van der Waals surface area contributed by atoms with Gasteiger partial charge in [-0.1, -0.05) is 0 Å². The van der Waals surface area contributed by atoms with Crippen LogP contribution in [-0.4, -0.2) is 72.1 Å². The van der Waals surface area contributed by atoms with Crippen LogP contribution in [-0.2, 0) is 16.1 Å². The van der Waals surface area contributed by atoms with Gasteiger partial charge in [-0.3, -0.25) is 9.79 Å². The summed E-state index contributed by atoms with van der Waals surface area (Å²) in [6, 6.07) is 3.70. The van der Waals surface area contributed by atoms with E-state index in [4.69, 9.17) is 9.15 Å². The molecule has 3 rings (SSSR count). The van der Waals surface area contributed by atoms with Crippen LogP contribution in [0.3, 0.4) is 0 Å². The lowest BCUT2D eigenvalue weighted by atomic mass is 10.2. The number of nitrogens with zero attached hydrogens (tertiary/aromatic N) is 3. The third-order valence-electron chi connectivity index (χ3n) is 4.31. The molecule has 0 aliphatic carbocycles. The van der Waals surface area contributed by atoms with Gasteiger partial charge in [0, 0.05) is 19.6 Å². The first-order chi connectivity index (χ1) is 12.8. The van der Waals surface area contributed by atoms with Crippen molar-refractivity contribution in [3.63, 3.8) is 0 Å². The molecule has 27 heavy (non-hydrogen) atoms. The molecule has 2 aliphatic heterocycles. The Balaban J connectivity index is 1.42. The number of piperazine rings is 1. The molecular formula is C18H27N5O4. The van der Waals surface area contributed by atoms with E-state index in [0.717, 1.165) is 0 Å². The van der Waals surface area contributed by atoms with Crippen molar-refractivity contribution in [2.75, 3.05) is 32.7 Å². The number of ether oxygens (including phenoxy) is 1. The smallest absolute Gasteiger partial charge is 0.410 e. The molecule has 9 heteroatoms. The second-order valence-corrected chi connectivity index (χ2v) is 7.65. The number of hydrogen-bond donors (Lipinski definition) is 2. The molecule has 2 amide bonds.